The van der Waals surface area contributed by atoms with Crippen molar-refractivity contribution in [2.24, 2.45) is 5.73 Å². The maximum absolute atomic E-state index is 5.32. The number of thiocarbonyl (C=S) groups is 1. The standard InChI is InChI=1S/C7H7NS2.K.H/c8-7(9)10-6-4-2-1-3-5-6;;/h1-5H,(H2,8,9);;/q;+1;-1. The number of thioether (sulfide) groups is 1. The van der Waals surface area contributed by atoms with E-state index in [0.717, 1.165) is 4.90 Å². The Bertz CT molecular complexity index is 230. The predicted molar refractivity (Wildman–Crippen MR) is 50.2 cm³/mol. The minimum atomic E-state index is 0. The van der Waals surface area contributed by atoms with E-state index >= 15 is 0 Å². The Morgan fingerprint density at radius 1 is 1.36 bits per heavy atom. The van der Waals surface area contributed by atoms with E-state index in [-0.39, 0.29) is 52.8 Å². The molecule has 1 aromatic rings. The molecule has 1 aromatic carbocycles. The van der Waals surface area contributed by atoms with Crippen molar-refractivity contribution in [3.05, 3.63) is 30.3 Å². The van der Waals surface area contributed by atoms with Crippen molar-refractivity contribution in [1.82, 2.24) is 0 Å². The van der Waals surface area contributed by atoms with E-state index in [1.165, 1.54) is 11.8 Å². The van der Waals surface area contributed by atoms with Crippen molar-refractivity contribution in [2.45, 2.75) is 4.90 Å². The molecule has 0 heterocycles. The van der Waals surface area contributed by atoms with E-state index in [0.29, 0.717) is 4.32 Å². The van der Waals surface area contributed by atoms with Gasteiger partial charge in [-0.3, -0.25) is 0 Å². The third-order valence-corrected chi connectivity index (χ3v) is 1.92. The van der Waals surface area contributed by atoms with E-state index in [2.05, 4.69) is 0 Å². The molecule has 11 heavy (non-hydrogen) atoms. The van der Waals surface area contributed by atoms with Crippen molar-refractivity contribution < 1.29 is 52.8 Å². The van der Waals surface area contributed by atoms with Crippen LogP contribution in [0.15, 0.2) is 35.2 Å². The van der Waals surface area contributed by atoms with Crippen LogP contribution in [-0.2, 0) is 0 Å². The first-order valence-corrected chi connectivity index (χ1v) is 4.04. The molecular formula is C7H8KNS2. The van der Waals surface area contributed by atoms with Gasteiger partial charge in [0.15, 0.2) is 0 Å². The summed E-state index contributed by atoms with van der Waals surface area (Å²) in [5.41, 5.74) is 5.32. The summed E-state index contributed by atoms with van der Waals surface area (Å²) in [5.74, 6) is 0. The molecule has 0 spiro atoms. The summed E-state index contributed by atoms with van der Waals surface area (Å²) in [5, 5.41) is 0. The smallest absolute Gasteiger partial charge is 1.00 e. The molecule has 0 bridgehead atoms. The van der Waals surface area contributed by atoms with Crippen LogP contribution >= 0.6 is 24.0 Å². The molecule has 0 aliphatic carbocycles. The van der Waals surface area contributed by atoms with E-state index < -0.39 is 0 Å². The number of nitrogens with two attached hydrogens (primary N) is 1. The molecular weight excluding hydrogens is 201 g/mol. The Labute approximate surface area is 120 Å². The van der Waals surface area contributed by atoms with Gasteiger partial charge in [0.1, 0.15) is 4.32 Å². The summed E-state index contributed by atoms with van der Waals surface area (Å²) in [6.45, 7) is 0. The molecule has 0 fully saturated rings. The molecule has 0 aliphatic rings. The fourth-order valence-corrected chi connectivity index (χ4v) is 1.42. The van der Waals surface area contributed by atoms with Crippen molar-refractivity contribution in [3.63, 3.8) is 0 Å². The van der Waals surface area contributed by atoms with E-state index in [9.17, 15) is 0 Å². The molecule has 0 amide bonds. The average molecular weight is 209 g/mol. The topological polar surface area (TPSA) is 26.0 Å². The van der Waals surface area contributed by atoms with Crippen LogP contribution in [0.3, 0.4) is 0 Å². The Balaban J connectivity index is 0. The minimum Gasteiger partial charge on any atom is -1.00 e. The quantitative estimate of drug-likeness (QED) is 0.370. The van der Waals surface area contributed by atoms with Gasteiger partial charge in [-0.25, -0.2) is 0 Å². The predicted octanol–water partition coefficient (Wildman–Crippen LogP) is -0.861. The summed E-state index contributed by atoms with van der Waals surface area (Å²) < 4.78 is 0.464. The molecule has 0 radical (unpaired) electrons. The van der Waals surface area contributed by atoms with Crippen LogP contribution in [-0.4, -0.2) is 4.32 Å². The van der Waals surface area contributed by atoms with Crippen molar-refractivity contribution in [2.75, 3.05) is 0 Å². The fraction of sp³-hybridized carbons (Fsp3) is 0. The zero-order chi connectivity index (χ0) is 7.40. The van der Waals surface area contributed by atoms with Crippen molar-refractivity contribution in [3.8, 4) is 0 Å². The van der Waals surface area contributed by atoms with Crippen LogP contribution in [0.1, 0.15) is 1.43 Å². The maximum Gasteiger partial charge on any atom is 1.00 e. The molecule has 4 heteroatoms. The Kier molecular flexibility index (Phi) is 7.25. The van der Waals surface area contributed by atoms with Crippen LogP contribution in [0.4, 0.5) is 0 Å². The van der Waals surface area contributed by atoms with Crippen LogP contribution in [0.25, 0.3) is 0 Å². The zero-order valence-electron chi connectivity index (χ0n) is 7.28. The third kappa shape index (κ3) is 5.35. The summed E-state index contributed by atoms with van der Waals surface area (Å²) in [6, 6.07) is 9.83. The van der Waals surface area contributed by atoms with Gasteiger partial charge in [0.05, 0.1) is 0 Å². The molecule has 1 nitrogen and oxygen atoms in total. The molecule has 0 saturated heterocycles. The van der Waals surface area contributed by atoms with Crippen LogP contribution in [0.2, 0.25) is 0 Å². The van der Waals surface area contributed by atoms with Crippen molar-refractivity contribution in [1.29, 1.82) is 0 Å². The van der Waals surface area contributed by atoms with Crippen molar-refractivity contribution >= 4 is 28.3 Å². The van der Waals surface area contributed by atoms with Gasteiger partial charge in [0.2, 0.25) is 0 Å². The molecule has 0 aliphatic heterocycles. The largest absolute Gasteiger partial charge is 1.00 e. The fourth-order valence-electron chi connectivity index (χ4n) is 0.605. The van der Waals surface area contributed by atoms with Gasteiger partial charge < -0.3 is 7.16 Å². The Hall–Kier alpha value is 1.10. The average Bonchev–Trinajstić information content (AvgIpc) is 1.88. The van der Waals surface area contributed by atoms with Gasteiger partial charge in [-0.05, 0) is 12.1 Å². The van der Waals surface area contributed by atoms with E-state index in [1.807, 2.05) is 30.3 Å². The zero-order valence-corrected chi connectivity index (χ0v) is 11.0. The SMILES string of the molecule is NC(=S)Sc1ccccc1.[H-].[K+]. The minimum absolute atomic E-state index is 0. The molecule has 54 valence electrons. The van der Waals surface area contributed by atoms with Gasteiger partial charge >= 0.3 is 51.4 Å². The molecule has 0 saturated carbocycles. The molecule has 2 N–H and O–H groups in total. The molecule has 0 unspecified atom stereocenters. The molecule has 1 rings (SSSR count). The Morgan fingerprint density at radius 2 is 1.91 bits per heavy atom. The van der Waals surface area contributed by atoms with Gasteiger partial charge in [-0.15, -0.1) is 0 Å². The van der Waals surface area contributed by atoms with Gasteiger partial charge in [-0.1, -0.05) is 42.2 Å². The third-order valence-electron chi connectivity index (χ3n) is 0.962. The first-order valence-electron chi connectivity index (χ1n) is 2.81. The first kappa shape index (κ1) is 12.1. The van der Waals surface area contributed by atoms with E-state index in [4.69, 9.17) is 18.0 Å². The summed E-state index contributed by atoms with van der Waals surface area (Å²) >= 11 is 6.13. The van der Waals surface area contributed by atoms with E-state index in [1.54, 1.807) is 0 Å². The van der Waals surface area contributed by atoms with Gasteiger partial charge in [0, 0.05) is 4.90 Å². The van der Waals surface area contributed by atoms with Gasteiger partial charge in [-0.2, -0.15) is 0 Å². The number of hydrogen-bond donors (Lipinski definition) is 1. The van der Waals surface area contributed by atoms with Crippen LogP contribution in [0, 0.1) is 0 Å². The first-order chi connectivity index (χ1) is 4.79. The molecule has 0 aromatic heterocycles. The number of benzene rings is 1. The van der Waals surface area contributed by atoms with Crippen LogP contribution in [0.5, 0.6) is 0 Å². The monoisotopic (exact) mass is 209 g/mol. The maximum atomic E-state index is 5.32. The van der Waals surface area contributed by atoms with Gasteiger partial charge in [0.25, 0.3) is 0 Å². The van der Waals surface area contributed by atoms with Crippen LogP contribution < -0.4 is 57.1 Å². The normalized spacial score (nSPS) is 8.36. The number of rotatable bonds is 1. The second kappa shape index (κ2) is 6.59. The summed E-state index contributed by atoms with van der Waals surface area (Å²) in [6.07, 6.45) is 0. The number of hydrogen-bond acceptors (Lipinski definition) is 2. The Morgan fingerprint density at radius 3 is 2.36 bits per heavy atom. The second-order valence-corrected chi connectivity index (χ2v) is 3.55. The molecule has 0 atom stereocenters. The summed E-state index contributed by atoms with van der Waals surface area (Å²) in [4.78, 5) is 1.09. The summed E-state index contributed by atoms with van der Waals surface area (Å²) in [7, 11) is 0. The second-order valence-electron chi connectivity index (χ2n) is 1.73.